The van der Waals surface area contributed by atoms with Gasteiger partial charge >= 0.3 is 0 Å². The van der Waals surface area contributed by atoms with Crippen LogP contribution in [-0.4, -0.2) is 19.1 Å². The Balaban J connectivity index is 1.22. The quantitative estimate of drug-likeness (QED) is 0.0981. The van der Waals surface area contributed by atoms with Crippen LogP contribution in [0.15, 0.2) is 117 Å². The van der Waals surface area contributed by atoms with E-state index < -0.39 is 0 Å². The highest BCUT2D eigenvalue weighted by Gasteiger charge is 2.27. The number of aromatic nitrogens is 1. The lowest BCUT2D eigenvalue weighted by Gasteiger charge is -2.20. The highest BCUT2D eigenvalue weighted by Crippen LogP contribution is 2.51. The minimum atomic E-state index is 0.946. The maximum Gasteiger partial charge on any atom is 0.262 e. The third kappa shape index (κ3) is 5.27. The Labute approximate surface area is 259 Å². The summed E-state index contributed by atoms with van der Waals surface area (Å²) < 4.78 is 3.79. The summed E-state index contributed by atoms with van der Waals surface area (Å²) in [6.07, 6.45) is 19.5. The van der Waals surface area contributed by atoms with Gasteiger partial charge in [-0.15, -0.1) is 23.5 Å². The van der Waals surface area contributed by atoms with Crippen LogP contribution in [0.4, 0.5) is 5.69 Å². The Kier molecular flexibility index (Phi) is 8.63. The number of nitrogens with zero attached hydrogens (tertiary/aromatic N) is 2. The van der Waals surface area contributed by atoms with E-state index in [4.69, 9.17) is 0 Å². The lowest BCUT2D eigenvalue weighted by molar-refractivity contribution is -0.664. The second-order valence-electron chi connectivity index (χ2n) is 9.61. The van der Waals surface area contributed by atoms with Crippen LogP contribution in [0.25, 0.3) is 37.8 Å². The lowest BCUT2D eigenvalue weighted by Crippen LogP contribution is -2.33. The monoisotopic (exact) mass is 609 g/mol. The molecule has 1 aromatic heterocycles. The van der Waals surface area contributed by atoms with E-state index in [0.717, 1.165) is 13.1 Å². The fraction of sp³-hybridized carbons (Fsp3) is 0.171. The van der Waals surface area contributed by atoms with Crippen molar-refractivity contribution >= 4 is 90.1 Å². The van der Waals surface area contributed by atoms with Gasteiger partial charge in [-0.3, -0.25) is 0 Å². The summed E-state index contributed by atoms with van der Waals surface area (Å²) in [7, 11) is 0. The third-order valence-corrected chi connectivity index (χ3v) is 11.1. The first-order chi connectivity index (χ1) is 20.2. The van der Waals surface area contributed by atoms with Crippen LogP contribution in [0.5, 0.6) is 0 Å². The summed E-state index contributed by atoms with van der Waals surface area (Å²) in [5.41, 5.74) is 2.68. The molecule has 0 spiro atoms. The molecule has 6 rings (SSSR count). The molecule has 6 heteroatoms. The van der Waals surface area contributed by atoms with E-state index >= 15 is 0 Å². The van der Waals surface area contributed by atoms with E-state index in [1.165, 1.54) is 62.2 Å². The van der Waals surface area contributed by atoms with Crippen LogP contribution in [0.1, 0.15) is 18.9 Å². The number of fused-ring (bicyclic) bond motifs is 6. The van der Waals surface area contributed by atoms with Crippen molar-refractivity contribution in [3.63, 3.8) is 0 Å². The number of hydrogen-bond acceptors (Lipinski definition) is 5. The maximum atomic E-state index is 2.44. The van der Waals surface area contributed by atoms with Crippen LogP contribution >= 0.6 is 46.6 Å². The molecule has 0 fully saturated rings. The number of benzene rings is 4. The van der Waals surface area contributed by atoms with Gasteiger partial charge in [0, 0.05) is 38.1 Å². The van der Waals surface area contributed by atoms with Crippen molar-refractivity contribution in [2.24, 2.45) is 0 Å². The second kappa shape index (κ2) is 12.5. The number of thiazole rings is 1. The molecule has 0 N–H and O–H groups in total. The molecule has 5 aromatic rings. The number of thioether (sulfide) groups is 3. The smallest absolute Gasteiger partial charge is 0.262 e. The molecule has 2 nitrogen and oxygen atoms in total. The normalized spacial score (nSPS) is 14.8. The molecular weight excluding hydrogens is 577 g/mol. The molecule has 41 heavy (non-hydrogen) atoms. The number of aryl methyl sites for hydroxylation is 1. The Bertz CT molecular complexity index is 1880. The molecule has 2 heterocycles. The van der Waals surface area contributed by atoms with E-state index in [1.54, 1.807) is 0 Å². The van der Waals surface area contributed by atoms with Crippen LogP contribution < -0.4 is 9.47 Å². The summed E-state index contributed by atoms with van der Waals surface area (Å²) in [5.74, 6) is 0. The van der Waals surface area contributed by atoms with Crippen molar-refractivity contribution in [3.8, 4) is 0 Å². The molecule has 206 valence electrons. The number of rotatable bonds is 8. The average Bonchev–Trinajstić information content (AvgIpc) is 3.56. The van der Waals surface area contributed by atoms with Gasteiger partial charge in [-0.25, -0.2) is 0 Å². The van der Waals surface area contributed by atoms with Gasteiger partial charge in [0.25, 0.3) is 5.01 Å². The molecule has 1 aliphatic heterocycles. The molecule has 0 radical (unpaired) electrons. The van der Waals surface area contributed by atoms with Crippen molar-refractivity contribution in [2.45, 2.75) is 35.1 Å². The topological polar surface area (TPSA) is 7.12 Å². The van der Waals surface area contributed by atoms with Crippen LogP contribution in [0, 0.1) is 0 Å². The number of allylic oxidation sites excluding steroid dienone is 6. The lowest BCUT2D eigenvalue weighted by atomic mass is 10.1. The standard InChI is InChI=1S/C35H33N2S4/c1-5-36-32(40-30-22-28(38-3)24-16-12-14-18-26(24)34(30)36)20-10-8-7-9-11-21-33-37(6-2)35-27-19-15-13-17-25(27)29(39-4)23-31(35)41-33/h7-23H,5-6H2,1-4H3/q+1. The van der Waals surface area contributed by atoms with E-state index in [9.17, 15) is 0 Å². The highest BCUT2D eigenvalue weighted by molar-refractivity contribution is 8.03. The van der Waals surface area contributed by atoms with Crippen molar-refractivity contribution in [1.29, 1.82) is 0 Å². The van der Waals surface area contributed by atoms with E-state index in [-0.39, 0.29) is 0 Å². The third-order valence-electron chi connectivity index (χ3n) is 7.38. The molecule has 4 aromatic carbocycles. The molecule has 0 amide bonds. The summed E-state index contributed by atoms with van der Waals surface area (Å²) in [5, 5.41) is 7.90. The molecule has 0 saturated heterocycles. The second-order valence-corrected chi connectivity index (χ2v) is 13.4. The van der Waals surface area contributed by atoms with Gasteiger partial charge in [0.1, 0.15) is 11.2 Å². The molecule has 0 unspecified atom stereocenters. The fourth-order valence-electron chi connectivity index (χ4n) is 5.55. The largest absolute Gasteiger partial charge is 0.335 e. The zero-order valence-electron chi connectivity index (χ0n) is 23.8. The van der Waals surface area contributed by atoms with Gasteiger partial charge < -0.3 is 4.90 Å². The first kappa shape index (κ1) is 28.2. The Morgan fingerprint density at radius 2 is 1.41 bits per heavy atom. The minimum Gasteiger partial charge on any atom is -0.335 e. The summed E-state index contributed by atoms with van der Waals surface area (Å²) in [6.45, 7) is 6.36. The first-order valence-corrected chi connectivity index (χ1v) is 18.0. The highest BCUT2D eigenvalue weighted by atomic mass is 32.2. The first-order valence-electron chi connectivity index (χ1n) is 13.9. The van der Waals surface area contributed by atoms with Gasteiger partial charge in [0.2, 0.25) is 5.52 Å². The zero-order valence-corrected chi connectivity index (χ0v) is 27.0. The fourth-order valence-corrected chi connectivity index (χ4v) is 9.36. The van der Waals surface area contributed by atoms with Crippen molar-refractivity contribution in [1.82, 2.24) is 0 Å². The van der Waals surface area contributed by atoms with Gasteiger partial charge in [-0.1, -0.05) is 95.9 Å². The zero-order chi connectivity index (χ0) is 28.3. The Morgan fingerprint density at radius 3 is 2.12 bits per heavy atom. The predicted molar refractivity (Wildman–Crippen MR) is 187 cm³/mol. The minimum absolute atomic E-state index is 0.946. The number of hydrogen-bond donors (Lipinski definition) is 0. The maximum absolute atomic E-state index is 2.44. The van der Waals surface area contributed by atoms with Crippen LogP contribution in [-0.2, 0) is 6.54 Å². The van der Waals surface area contributed by atoms with Gasteiger partial charge in [0.15, 0.2) is 0 Å². The van der Waals surface area contributed by atoms with E-state index in [0.29, 0.717) is 0 Å². The van der Waals surface area contributed by atoms with Crippen molar-refractivity contribution < 1.29 is 4.57 Å². The van der Waals surface area contributed by atoms with Gasteiger partial charge in [-0.2, -0.15) is 4.57 Å². The van der Waals surface area contributed by atoms with E-state index in [1.807, 2.05) is 46.6 Å². The van der Waals surface area contributed by atoms with Gasteiger partial charge in [0.05, 0.1) is 16.1 Å². The Hall–Kier alpha value is -2.90. The number of anilines is 1. The van der Waals surface area contributed by atoms with Crippen molar-refractivity contribution in [3.05, 3.63) is 107 Å². The van der Waals surface area contributed by atoms with Crippen LogP contribution in [0.2, 0.25) is 0 Å². The van der Waals surface area contributed by atoms with Gasteiger partial charge in [-0.05, 0) is 56.0 Å². The molecule has 1 aliphatic rings. The molecule has 0 atom stereocenters. The van der Waals surface area contributed by atoms with Crippen LogP contribution in [0.3, 0.4) is 0 Å². The molecular formula is C35H33N2S4+. The summed E-state index contributed by atoms with van der Waals surface area (Å²) in [6, 6.07) is 22.3. The Morgan fingerprint density at radius 1 is 0.780 bits per heavy atom. The van der Waals surface area contributed by atoms with E-state index in [2.05, 4.69) is 139 Å². The molecule has 0 saturated carbocycles. The average molecular weight is 610 g/mol. The summed E-state index contributed by atoms with van der Waals surface area (Å²) >= 11 is 7.39. The molecule has 0 aliphatic carbocycles. The summed E-state index contributed by atoms with van der Waals surface area (Å²) in [4.78, 5) is 6.47. The SMILES string of the molecule is CCN1C(=CC=CC=CC=Cc2sc3cc(SC)c4ccccc4c3[n+]2CC)Sc2cc(SC)c3ccccc3c21. The predicted octanol–water partition coefficient (Wildman–Crippen LogP) is 10.6. The molecule has 0 bridgehead atoms. The van der Waals surface area contributed by atoms with Crippen molar-refractivity contribution in [2.75, 3.05) is 24.0 Å².